The van der Waals surface area contributed by atoms with Crippen molar-refractivity contribution in [1.82, 2.24) is 10.8 Å². The van der Waals surface area contributed by atoms with Crippen LogP contribution < -0.4 is 10.8 Å². The summed E-state index contributed by atoms with van der Waals surface area (Å²) in [6, 6.07) is -0.689. The standard InChI is InChI=1S/C15H30N2O3/c1-3-4-5-6-7-8-9-10-11-12-14(18)16-13(2)15(19)17-20/h13,20H,3-12H2,1-2H3,(H,16,18)(H,17,19)/t13-/m0/s1. The summed E-state index contributed by atoms with van der Waals surface area (Å²) < 4.78 is 0. The number of hydrogen-bond acceptors (Lipinski definition) is 3. The van der Waals surface area contributed by atoms with Gasteiger partial charge in [-0.2, -0.15) is 0 Å². The molecule has 0 heterocycles. The summed E-state index contributed by atoms with van der Waals surface area (Å²) in [4.78, 5) is 22.5. The van der Waals surface area contributed by atoms with Gasteiger partial charge in [-0.25, -0.2) is 5.48 Å². The van der Waals surface area contributed by atoms with Crippen LogP contribution >= 0.6 is 0 Å². The summed E-state index contributed by atoms with van der Waals surface area (Å²) in [7, 11) is 0. The van der Waals surface area contributed by atoms with Crippen LogP contribution in [0.1, 0.15) is 78.1 Å². The Morgan fingerprint density at radius 3 is 1.95 bits per heavy atom. The first-order valence-corrected chi connectivity index (χ1v) is 7.85. The zero-order chi connectivity index (χ0) is 15.2. The van der Waals surface area contributed by atoms with Crippen molar-refractivity contribution in [3.63, 3.8) is 0 Å². The van der Waals surface area contributed by atoms with Crippen molar-refractivity contribution in [1.29, 1.82) is 0 Å². The molecule has 0 radical (unpaired) electrons. The minimum atomic E-state index is -0.689. The second-order valence-corrected chi connectivity index (χ2v) is 5.34. The van der Waals surface area contributed by atoms with Gasteiger partial charge in [0.15, 0.2) is 0 Å². The predicted molar refractivity (Wildman–Crippen MR) is 79.4 cm³/mol. The number of rotatable bonds is 12. The third-order valence-corrected chi connectivity index (χ3v) is 3.39. The van der Waals surface area contributed by atoms with E-state index in [2.05, 4.69) is 12.2 Å². The Morgan fingerprint density at radius 1 is 0.950 bits per heavy atom. The first kappa shape index (κ1) is 18.9. The third-order valence-electron chi connectivity index (χ3n) is 3.39. The quantitative estimate of drug-likeness (QED) is 0.293. The molecule has 0 aromatic rings. The van der Waals surface area contributed by atoms with Crippen LogP contribution in [0.4, 0.5) is 0 Å². The average molecular weight is 286 g/mol. The lowest BCUT2D eigenvalue weighted by Gasteiger charge is -2.11. The Bertz CT molecular complexity index is 270. The number of carbonyl (C=O) groups excluding carboxylic acids is 2. The van der Waals surface area contributed by atoms with Crippen molar-refractivity contribution in [2.45, 2.75) is 84.1 Å². The van der Waals surface area contributed by atoms with Gasteiger partial charge in [-0.3, -0.25) is 14.8 Å². The van der Waals surface area contributed by atoms with E-state index in [9.17, 15) is 9.59 Å². The fourth-order valence-electron chi connectivity index (χ4n) is 2.07. The largest absolute Gasteiger partial charge is 0.345 e. The summed E-state index contributed by atoms with van der Waals surface area (Å²) in [5, 5.41) is 11.0. The topological polar surface area (TPSA) is 78.4 Å². The van der Waals surface area contributed by atoms with Crippen LogP contribution in [0.3, 0.4) is 0 Å². The number of unbranched alkanes of at least 4 members (excludes halogenated alkanes) is 8. The van der Waals surface area contributed by atoms with Crippen molar-refractivity contribution < 1.29 is 14.8 Å². The molecule has 5 heteroatoms. The van der Waals surface area contributed by atoms with Gasteiger partial charge in [0.2, 0.25) is 5.91 Å². The molecule has 20 heavy (non-hydrogen) atoms. The van der Waals surface area contributed by atoms with E-state index in [1.54, 1.807) is 6.92 Å². The van der Waals surface area contributed by atoms with E-state index in [1.807, 2.05) is 0 Å². The SMILES string of the molecule is CCCCCCCCCCCC(=O)N[C@@H](C)C(=O)NO. The molecule has 1 atom stereocenters. The van der Waals surface area contributed by atoms with E-state index in [4.69, 9.17) is 5.21 Å². The lowest BCUT2D eigenvalue weighted by molar-refractivity contribution is -0.134. The molecule has 5 nitrogen and oxygen atoms in total. The smallest absolute Gasteiger partial charge is 0.265 e. The number of hydroxylamine groups is 1. The van der Waals surface area contributed by atoms with Crippen LogP contribution in [0, 0.1) is 0 Å². The van der Waals surface area contributed by atoms with Gasteiger partial charge >= 0.3 is 0 Å². The molecule has 3 N–H and O–H groups in total. The van der Waals surface area contributed by atoms with Crippen LogP contribution in [0.15, 0.2) is 0 Å². The second kappa shape index (κ2) is 12.9. The second-order valence-electron chi connectivity index (χ2n) is 5.34. The molecule has 0 fully saturated rings. The molecule has 0 aliphatic carbocycles. The molecule has 118 valence electrons. The summed E-state index contributed by atoms with van der Waals surface area (Å²) in [6.45, 7) is 3.76. The molecule has 0 aromatic heterocycles. The Labute approximate surface area is 122 Å². The van der Waals surface area contributed by atoms with E-state index < -0.39 is 11.9 Å². The molecule has 2 amide bonds. The summed E-state index contributed by atoms with van der Waals surface area (Å²) in [6.07, 6.45) is 11.3. The first-order valence-electron chi connectivity index (χ1n) is 7.85. The van der Waals surface area contributed by atoms with E-state index in [0.717, 1.165) is 12.8 Å². The summed E-state index contributed by atoms with van der Waals surface area (Å²) in [5.41, 5.74) is 1.52. The van der Waals surface area contributed by atoms with Gasteiger partial charge in [-0.05, 0) is 13.3 Å². The van der Waals surface area contributed by atoms with Crippen molar-refractivity contribution in [3.8, 4) is 0 Å². The van der Waals surface area contributed by atoms with E-state index in [1.165, 1.54) is 50.4 Å². The molecular formula is C15H30N2O3. The zero-order valence-corrected chi connectivity index (χ0v) is 12.9. The van der Waals surface area contributed by atoms with Crippen LogP contribution in [0.25, 0.3) is 0 Å². The Balaban J connectivity index is 3.37. The van der Waals surface area contributed by atoms with Gasteiger partial charge < -0.3 is 5.32 Å². The molecule has 0 bridgehead atoms. The van der Waals surface area contributed by atoms with Crippen molar-refractivity contribution in [2.75, 3.05) is 0 Å². The highest BCUT2D eigenvalue weighted by atomic mass is 16.5. The van der Waals surface area contributed by atoms with Gasteiger partial charge in [0.1, 0.15) is 6.04 Å². The van der Waals surface area contributed by atoms with E-state index in [-0.39, 0.29) is 5.91 Å². The Hall–Kier alpha value is -1.10. The molecule has 0 unspecified atom stereocenters. The fraction of sp³-hybridized carbons (Fsp3) is 0.867. The molecule has 0 saturated heterocycles. The maximum Gasteiger partial charge on any atom is 0.265 e. The zero-order valence-electron chi connectivity index (χ0n) is 12.9. The molecule has 0 aliphatic heterocycles. The normalized spacial score (nSPS) is 11.9. The van der Waals surface area contributed by atoms with Gasteiger partial charge in [-0.15, -0.1) is 0 Å². The summed E-state index contributed by atoms with van der Waals surface area (Å²) in [5.74, 6) is -0.727. The number of nitrogens with one attached hydrogen (secondary N) is 2. The summed E-state index contributed by atoms with van der Waals surface area (Å²) >= 11 is 0. The number of amides is 2. The lowest BCUT2D eigenvalue weighted by Crippen LogP contribution is -2.43. The fourth-order valence-corrected chi connectivity index (χ4v) is 2.07. The van der Waals surface area contributed by atoms with Crippen molar-refractivity contribution in [2.24, 2.45) is 0 Å². The highest BCUT2D eigenvalue weighted by Gasteiger charge is 2.13. The van der Waals surface area contributed by atoms with Gasteiger partial charge in [0.05, 0.1) is 0 Å². The minimum absolute atomic E-state index is 0.135. The van der Waals surface area contributed by atoms with E-state index >= 15 is 0 Å². The van der Waals surface area contributed by atoms with Gasteiger partial charge in [-0.1, -0.05) is 58.3 Å². The molecule has 0 spiro atoms. The lowest BCUT2D eigenvalue weighted by atomic mass is 10.1. The first-order chi connectivity index (χ1) is 9.61. The number of hydrogen-bond donors (Lipinski definition) is 3. The van der Waals surface area contributed by atoms with Crippen LogP contribution in [0.2, 0.25) is 0 Å². The number of carbonyl (C=O) groups is 2. The third kappa shape index (κ3) is 10.8. The average Bonchev–Trinajstić information content (AvgIpc) is 2.44. The highest BCUT2D eigenvalue weighted by Crippen LogP contribution is 2.10. The van der Waals surface area contributed by atoms with Gasteiger partial charge in [0, 0.05) is 6.42 Å². The monoisotopic (exact) mass is 286 g/mol. The molecule has 0 saturated carbocycles. The van der Waals surface area contributed by atoms with Crippen LogP contribution in [-0.2, 0) is 9.59 Å². The van der Waals surface area contributed by atoms with Crippen LogP contribution in [-0.4, -0.2) is 23.1 Å². The van der Waals surface area contributed by atoms with Gasteiger partial charge in [0.25, 0.3) is 5.91 Å². The maximum atomic E-state index is 11.5. The molecule has 0 rings (SSSR count). The van der Waals surface area contributed by atoms with E-state index in [0.29, 0.717) is 6.42 Å². The maximum absolute atomic E-state index is 11.5. The molecular weight excluding hydrogens is 256 g/mol. The Kier molecular flexibility index (Phi) is 12.2. The minimum Gasteiger partial charge on any atom is -0.345 e. The Morgan fingerprint density at radius 2 is 1.45 bits per heavy atom. The molecule has 0 aromatic carbocycles. The van der Waals surface area contributed by atoms with Crippen LogP contribution in [0.5, 0.6) is 0 Å². The predicted octanol–water partition coefficient (Wildman–Crippen LogP) is 2.92. The van der Waals surface area contributed by atoms with Crippen molar-refractivity contribution >= 4 is 11.8 Å². The van der Waals surface area contributed by atoms with Crippen molar-refractivity contribution in [3.05, 3.63) is 0 Å². The highest BCUT2D eigenvalue weighted by molar-refractivity contribution is 5.86. The molecule has 0 aliphatic rings.